The van der Waals surface area contributed by atoms with Crippen molar-refractivity contribution >= 4 is 21.8 Å². The van der Waals surface area contributed by atoms with Gasteiger partial charge >= 0.3 is 0 Å². The number of hydrogen-bond donors (Lipinski definition) is 3. The van der Waals surface area contributed by atoms with Gasteiger partial charge < -0.3 is 10.6 Å². The van der Waals surface area contributed by atoms with Crippen LogP contribution in [0.1, 0.15) is 26.3 Å². The van der Waals surface area contributed by atoms with Crippen LogP contribution in [0.2, 0.25) is 0 Å². The Balaban J connectivity index is 1.56. The monoisotopic (exact) mass is 437 g/mol. The number of carbonyl (C=O) groups is 2. The van der Waals surface area contributed by atoms with E-state index in [2.05, 4.69) is 10.6 Å². The lowest BCUT2D eigenvalue weighted by atomic mass is 10.0. The number of benzene rings is 3. The van der Waals surface area contributed by atoms with E-state index in [9.17, 15) is 18.0 Å². The van der Waals surface area contributed by atoms with E-state index in [4.69, 9.17) is 5.14 Å². The molecule has 0 radical (unpaired) electrons. The van der Waals surface area contributed by atoms with Crippen LogP contribution in [-0.2, 0) is 10.0 Å². The maximum absolute atomic E-state index is 12.3. The van der Waals surface area contributed by atoms with Crippen LogP contribution in [0.4, 0.5) is 0 Å². The van der Waals surface area contributed by atoms with E-state index < -0.39 is 10.0 Å². The Bertz CT molecular complexity index is 1190. The summed E-state index contributed by atoms with van der Waals surface area (Å²) >= 11 is 0. The highest BCUT2D eigenvalue weighted by molar-refractivity contribution is 7.89. The highest BCUT2D eigenvalue weighted by atomic mass is 32.2. The van der Waals surface area contributed by atoms with Gasteiger partial charge in [-0.2, -0.15) is 0 Å². The van der Waals surface area contributed by atoms with Crippen LogP contribution in [0.15, 0.2) is 77.7 Å². The number of hydrogen-bond acceptors (Lipinski definition) is 4. The zero-order valence-corrected chi connectivity index (χ0v) is 17.8. The molecule has 3 rings (SSSR count). The van der Waals surface area contributed by atoms with E-state index >= 15 is 0 Å². The van der Waals surface area contributed by atoms with Gasteiger partial charge in [-0.15, -0.1) is 0 Å². The standard InChI is InChI=1S/C23H23N3O4S/c1-16-6-8-18(9-7-16)22(27)25-14-15-26-23(28)19-12-10-17(11-13-19)20-4-2-3-5-21(20)31(24,29)30/h2-13H,14-15H2,1H3,(H,25,27)(H,26,28)(H2,24,29,30). The van der Waals surface area contributed by atoms with Crippen molar-refractivity contribution in [3.8, 4) is 11.1 Å². The van der Waals surface area contributed by atoms with Gasteiger partial charge in [-0.25, -0.2) is 13.6 Å². The highest BCUT2D eigenvalue weighted by Gasteiger charge is 2.15. The number of amides is 2. The summed E-state index contributed by atoms with van der Waals surface area (Å²) < 4.78 is 23.6. The molecule has 160 valence electrons. The normalized spacial score (nSPS) is 11.0. The van der Waals surface area contributed by atoms with Crippen molar-refractivity contribution in [3.63, 3.8) is 0 Å². The first-order valence-electron chi connectivity index (χ1n) is 9.61. The molecule has 0 aromatic heterocycles. The van der Waals surface area contributed by atoms with Gasteiger partial charge in [0.05, 0.1) is 4.90 Å². The molecular weight excluding hydrogens is 414 g/mol. The Hall–Kier alpha value is -3.49. The third-order valence-corrected chi connectivity index (χ3v) is 5.63. The number of nitrogens with one attached hydrogen (secondary N) is 2. The summed E-state index contributed by atoms with van der Waals surface area (Å²) in [6.07, 6.45) is 0. The SMILES string of the molecule is Cc1ccc(C(=O)NCCNC(=O)c2ccc(-c3ccccc3S(N)(=O)=O)cc2)cc1. The zero-order chi connectivity index (χ0) is 22.4. The fraction of sp³-hybridized carbons (Fsp3) is 0.130. The number of primary sulfonamides is 1. The lowest BCUT2D eigenvalue weighted by molar-refractivity contribution is 0.0927. The molecule has 8 heteroatoms. The van der Waals surface area contributed by atoms with Crippen molar-refractivity contribution in [2.75, 3.05) is 13.1 Å². The number of nitrogens with two attached hydrogens (primary N) is 1. The highest BCUT2D eigenvalue weighted by Crippen LogP contribution is 2.26. The van der Waals surface area contributed by atoms with Crippen LogP contribution in [0.5, 0.6) is 0 Å². The maximum atomic E-state index is 12.3. The van der Waals surface area contributed by atoms with E-state index in [1.54, 1.807) is 54.6 Å². The Morgan fingerprint density at radius 1 is 0.774 bits per heavy atom. The molecule has 0 aliphatic rings. The number of sulfonamides is 1. The van der Waals surface area contributed by atoms with Gasteiger partial charge in [0.25, 0.3) is 11.8 Å². The molecular formula is C23H23N3O4S. The van der Waals surface area contributed by atoms with Gasteiger partial charge in [-0.05, 0) is 42.8 Å². The third-order valence-electron chi connectivity index (χ3n) is 4.66. The van der Waals surface area contributed by atoms with Crippen molar-refractivity contribution in [2.24, 2.45) is 5.14 Å². The molecule has 0 aliphatic carbocycles. The number of aryl methyl sites for hydroxylation is 1. The van der Waals surface area contributed by atoms with E-state index in [-0.39, 0.29) is 29.8 Å². The fourth-order valence-electron chi connectivity index (χ4n) is 3.02. The largest absolute Gasteiger partial charge is 0.350 e. The molecule has 0 fully saturated rings. The van der Waals surface area contributed by atoms with Crippen molar-refractivity contribution < 1.29 is 18.0 Å². The van der Waals surface area contributed by atoms with Gasteiger partial charge in [0, 0.05) is 29.8 Å². The smallest absolute Gasteiger partial charge is 0.251 e. The molecule has 3 aromatic carbocycles. The van der Waals surface area contributed by atoms with E-state index in [0.29, 0.717) is 22.3 Å². The Morgan fingerprint density at radius 3 is 1.77 bits per heavy atom. The predicted molar refractivity (Wildman–Crippen MR) is 119 cm³/mol. The summed E-state index contributed by atoms with van der Waals surface area (Å²) in [5.74, 6) is -0.497. The van der Waals surface area contributed by atoms with Crippen LogP contribution < -0.4 is 15.8 Å². The van der Waals surface area contributed by atoms with E-state index in [1.807, 2.05) is 19.1 Å². The molecule has 0 unspecified atom stereocenters. The van der Waals surface area contributed by atoms with Crippen molar-refractivity contribution in [2.45, 2.75) is 11.8 Å². The second kappa shape index (κ2) is 9.55. The summed E-state index contributed by atoms with van der Waals surface area (Å²) in [7, 11) is -3.87. The quantitative estimate of drug-likeness (QED) is 0.492. The van der Waals surface area contributed by atoms with Crippen LogP contribution in [0, 0.1) is 6.92 Å². The van der Waals surface area contributed by atoms with Crippen LogP contribution >= 0.6 is 0 Å². The molecule has 0 spiro atoms. The molecule has 0 saturated heterocycles. The number of rotatable bonds is 7. The zero-order valence-electron chi connectivity index (χ0n) is 17.0. The van der Waals surface area contributed by atoms with Crippen molar-refractivity contribution in [1.82, 2.24) is 10.6 Å². The first-order chi connectivity index (χ1) is 14.8. The molecule has 0 heterocycles. The Labute approximate surface area is 181 Å². The van der Waals surface area contributed by atoms with Gasteiger partial charge in [0.2, 0.25) is 10.0 Å². The van der Waals surface area contributed by atoms with Gasteiger partial charge in [-0.1, -0.05) is 48.0 Å². The Kier molecular flexibility index (Phi) is 6.84. The molecule has 0 atom stereocenters. The van der Waals surface area contributed by atoms with E-state index in [1.165, 1.54) is 6.07 Å². The average molecular weight is 438 g/mol. The second-order valence-corrected chi connectivity index (χ2v) is 8.53. The molecule has 0 bridgehead atoms. The minimum atomic E-state index is -3.87. The summed E-state index contributed by atoms with van der Waals surface area (Å²) in [5.41, 5.74) is 3.15. The molecule has 7 nitrogen and oxygen atoms in total. The number of carbonyl (C=O) groups excluding carboxylic acids is 2. The third kappa shape index (κ3) is 5.78. The van der Waals surface area contributed by atoms with E-state index in [0.717, 1.165) is 5.56 Å². The van der Waals surface area contributed by atoms with Crippen LogP contribution in [0.25, 0.3) is 11.1 Å². The molecule has 3 aromatic rings. The van der Waals surface area contributed by atoms with Gasteiger partial charge in [-0.3, -0.25) is 9.59 Å². The topological polar surface area (TPSA) is 118 Å². The first-order valence-corrected chi connectivity index (χ1v) is 11.2. The summed E-state index contributed by atoms with van der Waals surface area (Å²) in [4.78, 5) is 24.4. The average Bonchev–Trinajstić information content (AvgIpc) is 2.76. The predicted octanol–water partition coefficient (Wildman–Crippen LogP) is 2.47. The molecule has 4 N–H and O–H groups in total. The van der Waals surface area contributed by atoms with Crippen LogP contribution in [0.3, 0.4) is 0 Å². The van der Waals surface area contributed by atoms with Crippen LogP contribution in [-0.4, -0.2) is 33.3 Å². The molecule has 31 heavy (non-hydrogen) atoms. The minimum absolute atomic E-state index is 0.0246. The molecule has 0 aliphatic heterocycles. The summed E-state index contributed by atoms with van der Waals surface area (Å²) in [6, 6.07) is 20.2. The van der Waals surface area contributed by atoms with Crippen molar-refractivity contribution in [1.29, 1.82) is 0 Å². The summed E-state index contributed by atoms with van der Waals surface area (Å²) in [5, 5.41) is 10.8. The second-order valence-electron chi connectivity index (χ2n) is 7.00. The molecule has 0 saturated carbocycles. The summed E-state index contributed by atoms with van der Waals surface area (Å²) in [6.45, 7) is 2.51. The minimum Gasteiger partial charge on any atom is -0.350 e. The van der Waals surface area contributed by atoms with Crippen molar-refractivity contribution in [3.05, 3.63) is 89.5 Å². The lowest BCUT2D eigenvalue weighted by Gasteiger charge is -2.10. The Morgan fingerprint density at radius 2 is 1.26 bits per heavy atom. The first kappa shape index (κ1) is 22.2. The van der Waals surface area contributed by atoms with Gasteiger partial charge in [0.15, 0.2) is 0 Å². The molecule has 2 amide bonds. The maximum Gasteiger partial charge on any atom is 0.251 e. The fourth-order valence-corrected chi connectivity index (χ4v) is 3.78. The van der Waals surface area contributed by atoms with Gasteiger partial charge in [0.1, 0.15) is 0 Å². The lowest BCUT2D eigenvalue weighted by Crippen LogP contribution is -2.34.